The minimum Gasteiger partial charge on any atom is -0.368 e. The van der Waals surface area contributed by atoms with Gasteiger partial charge in [0.25, 0.3) is 11.8 Å². The van der Waals surface area contributed by atoms with E-state index in [0.717, 1.165) is 20.3 Å². The Balaban J connectivity index is 1.80. The molecule has 8 nitrogen and oxygen atoms in total. The second-order valence-electron chi connectivity index (χ2n) is 6.63. The van der Waals surface area contributed by atoms with Gasteiger partial charge >= 0.3 is 6.03 Å². The van der Waals surface area contributed by atoms with E-state index >= 15 is 0 Å². The predicted octanol–water partition coefficient (Wildman–Crippen LogP) is 2.56. The van der Waals surface area contributed by atoms with Crippen LogP contribution in [0.3, 0.4) is 0 Å². The van der Waals surface area contributed by atoms with Gasteiger partial charge in [0.1, 0.15) is 12.1 Å². The number of aromatic nitrogens is 1. The maximum absolute atomic E-state index is 13.0. The number of imide groups is 2. The molecule has 5 amide bonds. The number of nitrogens with zero attached hydrogens (tertiary/aromatic N) is 2. The van der Waals surface area contributed by atoms with Crippen LogP contribution in [0.2, 0.25) is 0 Å². The summed E-state index contributed by atoms with van der Waals surface area (Å²) in [6.45, 7) is -0.0483. The average Bonchev–Trinajstić information content (AvgIpc) is 3.03. The van der Waals surface area contributed by atoms with Crippen molar-refractivity contribution in [2.45, 2.75) is 6.54 Å². The molecule has 2 aromatic carbocycles. The third-order valence-corrected chi connectivity index (χ3v) is 5.16. The number of fused-ring (bicyclic) bond motifs is 1. The molecule has 0 unspecified atom stereocenters. The Kier molecular flexibility index (Phi) is 4.96. The van der Waals surface area contributed by atoms with Crippen molar-refractivity contribution in [3.05, 3.63) is 70.3 Å². The van der Waals surface area contributed by atoms with Gasteiger partial charge in [0.2, 0.25) is 5.91 Å². The van der Waals surface area contributed by atoms with E-state index in [0.29, 0.717) is 11.3 Å². The van der Waals surface area contributed by atoms with E-state index in [2.05, 4.69) is 21.2 Å². The van der Waals surface area contributed by atoms with Gasteiger partial charge in [0, 0.05) is 27.1 Å². The summed E-state index contributed by atoms with van der Waals surface area (Å²) in [5.74, 6) is -2.05. The Labute approximate surface area is 179 Å². The lowest BCUT2D eigenvalue weighted by Crippen LogP contribution is -2.54. The smallest absolute Gasteiger partial charge is 0.335 e. The molecular weight excluding hydrogens is 452 g/mol. The van der Waals surface area contributed by atoms with Crippen molar-refractivity contribution >= 4 is 62.3 Å². The number of amides is 5. The fourth-order valence-corrected chi connectivity index (χ4v) is 3.59. The molecule has 1 saturated heterocycles. The number of para-hydroxylation sites is 1. The summed E-state index contributed by atoms with van der Waals surface area (Å²) >= 11 is 3.30. The van der Waals surface area contributed by atoms with Crippen LogP contribution in [0.25, 0.3) is 17.0 Å². The minimum atomic E-state index is -0.819. The Morgan fingerprint density at radius 2 is 1.77 bits per heavy atom. The van der Waals surface area contributed by atoms with Crippen molar-refractivity contribution in [3.63, 3.8) is 0 Å². The van der Waals surface area contributed by atoms with Gasteiger partial charge in [-0.3, -0.25) is 19.7 Å². The van der Waals surface area contributed by atoms with Crippen LogP contribution in [0.15, 0.2) is 64.8 Å². The third-order valence-electron chi connectivity index (χ3n) is 4.63. The summed E-state index contributed by atoms with van der Waals surface area (Å²) in [5.41, 5.74) is 6.74. The van der Waals surface area contributed by atoms with Gasteiger partial charge in [-0.1, -0.05) is 34.1 Å². The third kappa shape index (κ3) is 3.50. The molecule has 2 heterocycles. The monoisotopic (exact) mass is 466 g/mol. The highest BCUT2D eigenvalue weighted by Crippen LogP contribution is 2.27. The number of barbiturate groups is 1. The normalized spacial score (nSPS) is 15.7. The zero-order valence-electron chi connectivity index (χ0n) is 15.5. The van der Waals surface area contributed by atoms with Gasteiger partial charge in [-0.05, 0) is 36.4 Å². The van der Waals surface area contributed by atoms with E-state index in [-0.39, 0.29) is 12.1 Å². The highest BCUT2D eigenvalue weighted by molar-refractivity contribution is 9.10. The fraction of sp³-hybridized carbons (Fsp3) is 0.0476. The lowest BCUT2D eigenvalue weighted by atomic mass is 10.1. The molecule has 30 heavy (non-hydrogen) atoms. The van der Waals surface area contributed by atoms with Crippen LogP contribution < -0.4 is 16.0 Å². The van der Waals surface area contributed by atoms with Crippen LogP contribution in [0.5, 0.6) is 0 Å². The number of carbonyl (C=O) groups is 4. The van der Waals surface area contributed by atoms with Crippen molar-refractivity contribution in [3.8, 4) is 0 Å². The molecule has 3 N–H and O–H groups in total. The van der Waals surface area contributed by atoms with E-state index in [1.54, 1.807) is 47.2 Å². The highest BCUT2D eigenvalue weighted by atomic mass is 79.9. The van der Waals surface area contributed by atoms with Crippen molar-refractivity contribution < 1.29 is 19.2 Å². The largest absolute Gasteiger partial charge is 0.368 e. The molecule has 0 aliphatic carbocycles. The first-order valence-corrected chi connectivity index (χ1v) is 9.67. The maximum atomic E-state index is 13.0. The molecule has 150 valence electrons. The summed E-state index contributed by atoms with van der Waals surface area (Å²) in [4.78, 5) is 50.1. The topological polar surface area (TPSA) is 114 Å². The first-order chi connectivity index (χ1) is 14.3. The van der Waals surface area contributed by atoms with Crippen LogP contribution in [0, 0.1) is 0 Å². The summed E-state index contributed by atoms with van der Waals surface area (Å²) in [6.07, 6.45) is 3.05. The number of halogens is 1. The SMILES string of the molecule is NC(=O)Cn1cc(/C=C2/C(=O)NC(=O)N(c3ccc(Br)cc3)C2=O)c2ccccc21. The molecule has 0 atom stereocenters. The Bertz CT molecular complexity index is 1240. The average molecular weight is 467 g/mol. The summed E-state index contributed by atoms with van der Waals surface area (Å²) < 4.78 is 2.43. The van der Waals surface area contributed by atoms with Crippen LogP contribution in [0.1, 0.15) is 5.56 Å². The molecule has 1 aliphatic heterocycles. The highest BCUT2D eigenvalue weighted by Gasteiger charge is 2.37. The molecule has 1 aromatic heterocycles. The van der Waals surface area contributed by atoms with Gasteiger partial charge in [-0.15, -0.1) is 0 Å². The van der Waals surface area contributed by atoms with Crippen LogP contribution in [-0.4, -0.2) is 28.3 Å². The lowest BCUT2D eigenvalue weighted by Gasteiger charge is -2.26. The maximum Gasteiger partial charge on any atom is 0.335 e. The predicted molar refractivity (Wildman–Crippen MR) is 114 cm³/mol. The molecule has 0 radical (unpaired) electrons. The standard InChI is InChI=1S/C21H15BrN4O4/c22-13-5-7-14(8-6-13)26-20(29)16(19(28)24-21(26)30)9-12-10-25(11-18(23)27)17-4-2-1-3-15(12)17/h1-10H,11H2,(H2,23,27)(H,24,28,30)/b16-9-. The van der Waals surface area contributed by atoms with Gasteiger partial charge in [0.15, 0.2) is 0 Å². The number of hydrogen-bond acceptors (Lipinski definition) is 4. The number of anilines is 1. The van der Waals surface area contributed by atoms with Gasteiger partial charge < -0.3 is 10.3 Å². The van der Waals surface area contributed by atoms with E-state index in [4.69, 9.17) is 5.73 Å². The van der Waals surface area contributed by atoms with Crippen LogP contribution in [-0.2, 0) is 20.9 Å². The first kappa shape index (κ1) is 19.6. The minimum absolute atomic E-state index is 0.0483. The second kappa shape index (κ2) is 7.60. The van der Waals surface area contributed by atoms with Gasteiger partial charge in [-0.2, -0.15) is 0 Å². The number of urea groups is 1. The molecule has 1 aliphatic rings. The number of nitrogens with two attached hydrogens (primary N) is 1. The summed E-state index contributed by atoms with van der Waals surface area (Å²) in [5, 5.41) is 2.93. The van der Waals surface area contributed by atoms with Crippen molar-refractivity contribution in [2.75, 3.05) is 4.90 Å². The second-order valence-corrected chi connectivity index (χ2v) is 7.55. The number of rotatable bonds is 4. The van der Waals surface area contributed by atoms with E-state index < -0.39 is 23.8 Å². The first-order valence-electron chi connectivity index (χ1n) is 8.88. The number of carbonyl (C=O) groups excluding carboxylic acids is 4. The van der Waals surface area contributed by atoms with E-state index in [9.17, 15) is 19.2 Å². The molecule has 1 fully saturated rings. The van der Waals surface area contributed by atoms with Gasteiger partial charge in [-0.25, -0.2) is 9.69 Å². The molecule has 4 rings (SSSR count). The Morgan fingerprint density at radius 3 is 2.47 bits per heavy atom. The van der Waals surface area contributed by atoms with Gasteiger partial charge in [0.05, 0.1) is 5.69 Å². The molecule has 0 bridgehead atoms. The van der Waals surface area contributed by atoms with Crippen LogP contribution >= 0.6 is 15.9 Å². The number of nitrogens with one attached hydrogen (secondary N) is 1. The summed E-state index contributed by atoms with van der Waals surface area (Å²) in [6, 6.07) is 13.0. The zero-order chi connectivity index (χ0) is 21.4. The zero-order valence-corrected chi connectivity index (χ0v) is 17.0. The van der Waals surface area contributed by atoms with Crippen molar-refractivity contribution in [1.29, 1.82) is 0 Å². The van der Waals surface area contributed by atoms with E-state index in [1.165, 1.54) is 6.08 Å². The number of hydrogen-bond donors (Lipinski definition) is 2. The Hall–Kier alpha value is -3.72. The molecular formula is C21H15BrN4O4. The number of primary amides is 1. The lowest BCUT2D eigenvalue weighted by molar-refractivity contribution is -0.122. The fourth-order valence-electron chi connectivity index (χ4n) is 3.33. The molecule has 0 saturated carbocycles. The van der Waals surface area contributed by atoms with Crippen molar-refractivity contribution in [2.24, 2.45) is 5.73 Å². The molecule has 0 spiro atoms. The van der Waals surface area contributed by atoms with Crippen molar-refractivity contribution in [1.82, 2.24) is 9.88 Å². The summed E-state index contributed by atoms with van der Waals surface area (Å²) in [7, 11) is 0. The van der Waals surface area contributed by atoms with E-state index in [1.807, 2.05) is 12.1 Å². The molecule has 3 aromatic rings. The molecule has 9 heteroatoms. The van der Waals surface area contributed by atoms with Crippen LogP contribution in [0.4, 0.5) is 10.5 Å². The number of benzene rings is 2. The quantitative estimate of drug-likeness (QED) is 0.454. The Morgan fingerprint density at radius 1 is 1.07 bits per heavy atom.